The SMILES string of the molecule is CC(C)n1ncc(Br)c1C1(C2CC2)CCCN1. The molecule has 0 spiro atoms. The van der Waals surface area contributed by atoms with Crippen LogP contribution in [0.1, 0.15) is 51.3 Å². The van der Waals surface area contributed by atoms with Gasteiger partial charge in [0.05, 0.1) is 21.9 Å². The summed E-state index contributed by atoms with van der Waals surface area (Å²) < 4.78 is 3.37. The van der Waals surface area contributed by atoms with E-state index in [0.717, 1.165) is 12.5 Å². The molecule has 0 radical (unpaired) electrons. The topological polar surface area (TPSA) is 29.9 Å². The highest BCUT2D eigenvalue weighted by Crippen LogP contribution is 2.52. The summed E-state index contributed by atoms with van der Waals surface area (Å²) in [5.74, 6) is 0.815. The molecule has 17 heavy (non-hydrogen) atoms. The molecule has 1 aliphatic heterocycles. The van der Waals surface area contributed by atoms with Crippen LogP contribution in [0.2, 0.25) is 0 Å². The summed E-state index contributed by atoms with van der Waals surface area (Å²) in [6.07, 6.45) is 7.23. The molecule has 1 N–H and O–H groups in total. The fourth-order valence-corrected chi connectivity index (χ4v) is 3.86. The maximum Gasteiger partial charge on any atom is 0.0732 e. The number of rotatable bonds is 3. The van der Waals surface area contributed by atoms with E-state index in [9.17, 15) is 0 Å². The third-order valence-corrected chi connectivity index (χ3v) is 4.71. The van der Waals surface area contributed by atoms with Gasteiger partial charge in [-0.25, -0.2) is 0 Å². The van der Waals surface area contributed by atoms with E-state index in [1.807, 2.05) is 6.20 Å². The van der Waals surface area contributed by atoms with E-state index in [-0.39, 0.29) is 5.54 Å². The van der Waals surface area contributed by atoms with Gasteiger partial charge in [-0.2, -0.15) is 5.10 Å². The highest BCUT2D eigenvalue weighted by Gasteiger charge is 2.50. The Morgan fingerprint density at radius 1 is 1.53 bits per heavy atom. The average molecular weight is 298 g/mol. The molecule has 0 amide bonds. The standard InChI is InChI=1S/C13H20BrN3/c1-9(2)17-12(11(14)8-16-17)13(10-4-5-10)6-3-7-15-13/h8-10,15H,3-7H2,1-2H3. The number of aromatic nitrogens is 2. The second-order valence-corrected chi connectivity index (χ2v) is 6.51. The van der Waals surface area contributed by atoms with E-state index in [2.05, 4.69) is 44.9 Å². The molecule has 2 aliphatic rings. The van der Waals surface area contributed by atoms with Crippen LogP contribution in [-0.4, -0.2) is 16.3 Å². The predicted octanol–water partition coefficient (Wildman–Crippen LogP) is 3.22. The Morgan fingerprint density at radius 3 is 2.82 bits per heavy atom. The molecule has 94 valence electrons. The zero-order chi connectivity index (χ0) is 12.0. The fourth-order valence-electron chi connectivity index (χ4n) is 3.24. The van der Waals surface area contributed by atoms with Crippen molar-refractivity contribution in [2.75, 3.05) is 6.54 Å². The van der Waals surface area contributed by atoms with Gasteiger partial charge < -0.3 is 5.32 Å². The first-order valence-electron chi connectivity index (χ1n) is 6.63. The lowest BCUT2D eigenvalue weighted by atomic mass is 9.87. The number of halogens is 1. The molecule has 0 aromatic carbocycles. The van der Waals surface area contributed by atoms with Gasteiger partial charge in [0.1, 0.15) is 0 Å². The smallest absolute Gasteiger partial charge is 0.0732 e. The normalized spacial score (nSPS) is 29.2. The largest absolute Gasteiger partial charge is 0.306 e. The van der Waals surface area contributed by atoms with Gasteiger partial charge >= 0.3 is 0 Å². The maximum atomic E-state index is 4.54. The van der Waals surface area contributed by atoms with Crippen LogP contribution in [0.5, 0.6) is 0 Å². The molecule has 1 saturated heterocycles. The fraction of sp³-hybridized carbons (Fsp3) is 0.769. The number of nitrogens with zero attached hydrogens (tertiary/aromatic N) is 2. The summed E-state index contributed by atoms with van der Waals surface area (Å²) in [7, 11) is 0. The Kier molecular flexibility index (Phi) is 2.82. The van der Waals surface area contributed by atoms with Crippen molar-refractivity contribution in [3.05, 3.63) is 16.4 Å². The van der Waals surface area contributed by atoms with Gasteiger partial charge in [0.2, 0.25) is 0 Å². The van der Waals surface area contributed by atoms with Crippen molar-refractivity contribution in [3.63, 3.8) is 0 Å². The predicted molar refractivity (Wildman–Crippen MR) is 72.0 cm³/mol. The summed E-state index contributed by atoms with van der Waals surface area (Å²) in [4.78, 5) is 0. The molecule has 1 atom stereocenters. The van der Waals surface area contributed by atoms with Gasteiger partial charge in [0.25, 0.3) is 0 Å². The first kappa shape index (κ1) is 11.7. The zero-order valence-corrected chi connectivity index (χ0v) is 12.1. The Balaban J connectivity index is 2.09. The molecule has 3 rings (SSSR count). The molecule has 1 aliphatic carbocycles. The number of hydrogen-bond acceptors (Lipinski definition) is 2. The monoisotopic (exact) mass is 297 g/mol. The lowest BCUT2D eigenvalue weighted by Crippen LogP contribution is -2.41. The molecular weight excluding hydrogens is 278 g/mol. The van der Waals surface area contributed by atoms with Crippen LogP contribution < -0.4 is 5.32 Å². The summed E-state index contributed by atoms with van der Waals surface area (Å²) in [5, 5.41) is 8.32. The molecular formula is C13H20BrN3. The van der Waals surface area contributed by atoms with E-state index in [4.69, 9.17) is 0 Å². The Hall–Kier alpha value is -0.350. The molecule has 1 saturated carbocycles. The zero-order valence-electron chi connectivity index (χ0n) is 10.5. The van der Waals surface area contributed by atoms with Crippen LogP contribution in [0.15, 0.2) is 10.7 Å². The van der Waals surface area contributed by atoms with Crippen molar-refractivity contribution < 1.29 is 0 Å². The molecule has 1 aromatic rings. The Morgan fingerprint density at radius 2 is 2.29 bits per heavy atom. The van der Waals surface area contributed by atoms with Gasteiger partial charge in [0.15, 0.2) is 0 Å². The van der Waals surface area contributed by atoms with Crippen molar-refractivity contribution >= 4 is 15.9 Å². The second kappa shape index (κ2) is 4.09. The highest BCUT2D eigenvalue weighted by atomic mass is 79.9. The summed E-state index contributed by atoms with van der Waals surface area (Å²) in [5.41, 5.74) is 1.58. The van der Waals surface area contributed by atoms with Crippen LogP contribution in [-0.2, 0) is 5.54 Å². The van der Waals surface area contributed by atoms with Crippen molar-refractivity contribution in [1.82, 2.24) is 15.1 Å². The minimum absolute atomic E-state index is 0.194. The maximum absolute atomic E-state index is 4.54. The van der Waals surface area contributed by atoms with Gasteiger partial charge in [-0.15, -0.1) is 0 Å². The van der Waals surface area contributed by atoms with Crippen LogP contribution in [0.4, 0.5) is 0 Å². The van der Waals surface area contributed by atoms with Crippen molar-refractivity contribution in [1.29, 1.82) is 0 Å². The molecule has 1 aromatic heterocycles. The quantitative estimate of drug-likeness (QED) is 0.928. The van der Waals surface area contributed by atoms with Gasteiger partial charge in [-0.1, -0.05) is 0 Å². The molecule has 3 nitrogen and oxygen atoms in total. The third kappa shape index (κ3) is 1.76. The van der Waals surface area contributed by atoms with E-state index in [1.165, 1.54) is 35.8 Å². The molecule has 0 bridgehead atoms. The van der Waals surface area contributed by atoms with Gasteiger partial charge in [-0.05, 0) is 67.9 Å². The molecule has 2 heterocycles. The van der Waals surface area contributed by atoms with Gasteiger partial charge in [0, 0.05) is 6.04 Å². The minimum atomic E-state index is 0.194. The minimum Gasteiger partial charge on any atom is -0.306 e. The van der Waals surface area contributed by atoms with E-state index >= 15 is 0 Å². The lowest BCUT2D eigenvalue weighted by molar-refractivity contribution is 0.297. The average Bonchev–Trinajstić information content (AvgIpc) is 2.90. The van der Waals surface area contributed by atoms with E-state index in [0.29, 0.717) is 6.04 Å². The summed E-state index contributed by atoms with van der Waals surface area (Å²) in [6, 6.07) is 0.425. The third-order valence-electron chi connectivity index (χ3n) is 4.13. The molecule has 1 unspecified atom stereocenters. The summed E-state index contributed by atoms with van der Waals surface area (Å²) >= 11 is 3.70. The van der Waals surface area contributed by atoms with Crippen LogP contribution in [0.3, 0.4) is 0 Å². The lowest BCUT2D eigenvalue weighted by Gasteiger charge is -2.32. The molecule has 4 heteroatoms. The first-order chi connectivity index (χ1) is 8.15. The van der Waals surface area contributed by atoms with Crippen LogP contribution >= 0.6 is 15.9 Å². The van der Waals surface area contributed by atoms with Crippen LogP contribution in [0.25, 0.3) is 0 Å². The van der Waals surface area contributed by atoms with E-state index in [1.54, 1.807) is 0 Å². The van der Waals surface area contributed by atoms with Crippen LogP contribution in [0, 0.1) is 5.92 Å². The highest BCUT2D eigenvalue weighted by molar-refractivity contribution is 9.10. The number of nitrogens with one attached hydrogen (secondary N) is 1. The van der Waals surface area contributed by atoms with Crippen molar-refractivity contribution in [2.24, 2.45) is 5.92 Å². The molecule has 2 fully saturated rings. The Labute approximate surface area is 111 Å². The first-order valence-corrected chi connectivity index (χ1v) is 7.43. The van der Waals surface area contributed by atoms with Crippen molar-refractivity contribution in [2.45, 2.75) is 51.1 Å². The van der Waals surface area contributed by atoms with E-state index < -0.39 is 0 Å². The second-order valence-electron chi connectivity index (χ2n) is 5.66. The Bertz CT molecular complexity index is 414. The summed E-state index contributed by atoms with van der Waals surface area (Å²) in [6.45, 7) is 5.56. The number of hydrogen-bond donors (Lipinski definition) is 1. The van der Waals surface area contributed by atoms with Gasteiger partial charge in [-0.3, -0.25) is 4.68 Å². The van der Waals surface area contributed by atoms with Crippen molar-refractivity contribution in [3.8, 4) is 0 Å².